The second kappa shape index (κ2) is 4.29. The highest BCUT2D eigenvalue weighted by molar-refractivity contribution is 9.10. The first-order valence-electron chi connectivity index (χ1n) is 4.95. The first kappa shape index (κ1) is 11.2. The minimum absolute atomic E-state index is 0.258. The first-order chi connectivity index (χ1) is 7.58. The Kier molecular flexibility index (Phi) is 3.01. The summed E-state index contributed by atoms with van der Waals surface area (Å²) >= 11 is 3.43. The van der Waals surface area contributed by atoms with Gasteiger partial charge in [0.05, 0.1) is 5.69 Å². The van der Waals surface area contributed by atoms with E-state index in [1.165, 1.54) is 6.92 Å². The summed E-state index contributed by atoms with van der Waals surface area (Å²) in [5.74, 6) is -0.258. The molecule has 0 saturated carbocycles. The zero-order chi connectivity index (χ0) is 11.7. The van der Waals surface area contributed by atoms with Crippen molar-refractivity contribution in [2.45, 2.75) is 13.5 Å². The number of fused-ring (bicyclic) bond motifs is 1. The third-order valence-corrected chi connectivity index (χ3v) is 3.02. The summed E-state index contributed by atoms with van der Waals surface area (Å²) in [5, 5.41) is 1.14. The first-order valence-corrected chi connectivity index (χ1v) is 5.74. The minimum atomic E-state index is -0.258. The molecular formula is C12H12BrNO2. The SMILES string of the molecule is CC(=O)OCc1cc2cc(Br)ccc2n1C. The van der Waals surface area contributed by atoms with E-state index in [4.69, 9.17) is 4.74 Å². The van der Waals surface area contributed by atoms with Crippen LogP contribution in [0.1, 0.15) is 12.6 Å². The number of aryl methyl sites for hydroxylation is 1. The molecule has 0 N–H and O–H groups in total. The quantitative estimate of drug-likeness (QED) is 0.793. The maximum atomic E-state index is 10.8. The van der Waals surface area contributed by atoms with Gasteiger partial charge in [0.25, 0.3) is 0 Å². The summed E-state index contributed by atoms with van der Waals surface area (Å²) < 4.78 is 8.08. The van der Waals surface area contributed by atoms with Crippen LogP contribution in [0.15, 0.2) is 28.7 Å². The number of carbonyl (C=O) groups excluding carboxylic acids is 1. The van der Waals surface area contributed by atoms with E-state index < -0.39 is 0 Å². The number of carbonyl (C=O) groups is 1. The van der Waals surface area contributed by atoms with E-state index in [9.17, 15) is 4.79 Å². The molecule has 0 fully saturated rings. The summed E-state index contributed by atoms with van der Waals surface area (Å²) in [6, 6.07) is 8.12. The highest BCUT2D eigenvalue weighted by Gasteiger charge is 2.06. The van der Waals surface area contributed by atoms with Crippen LogP contribution in [0.25, 0.3) is 10.9 Å². The molecule has 16 heavy (non-hydrogen) atoms. The number of halogens is 1. The number of nitrogens with zero attached hydrogens (tertiary/aromatic N) is 1. The molecule has 1 heterocycles. The molecule has 0 aliphatic rings. The van der Waals surface area contributed by atoms with Crippen molar-refractivity contribution in [2.75, 3.05) is 0 Å². The van der Waals surface area contributed by atoms with Gasteiger partial charge in [-0.25, -0.2) is 0 Å². The summed E-state index contributed by atoms with van der Waals surface area (Å²) in [5.41, 5.74) is 2.12. The molecule has 0 unspecified atom stereocenters. The van der Waals surface area contributed by atoms with Gasteiger partial charge in [-0.05, 0) is 24.3 Å². The molecular weight excluding hydrogens is 270 g/mol. The Morgan fingerprint density at radius 3 is 2.88 bits per heavy atom. The van der Waals surface area contributed by atoms with Crippen molar-refractivity contribution < 1.29 is 9.53 Å². The standard InChI is InChI=1S/C12H12BrNO2/c1-8(15)16-7-11-6-9-5-10(13)3-4-12(9)14(11)2/h3-6H,7H2,1-2H3. The predicted octanol–water partition coefficient (Wildman–Crippen LogP) is 3.00. The Balaban J connectivity index is 2.39. The van der Waals surface area contributed by atoms with Crippen LogP contribution < -0.4 is 0 Å². The number of esters is 1. The molecule has 84 valence electrons. The topological polar surface area (TPSA) is 31.2 Å². The van der Waals surface area contributed by atoms with Gasteiger partial charge in [0.1, 0.15) is 6.61 Å². The van der Waals surface area contributed by atoms with E-state index in [1.54, 1.807) is 0 Å². The molecule has 1 aromatic heterocycles. The van der Waals surface area contributed by atoms with Crippen molar-refractivity contribution in [3.8, 4) is 0 Å². The van der Waals surface area contributed by atoms with Gasteiger partial charge < -0.3 is 9.30 Å². The Bertz CT molecular complexity index is 545. The van der Waals surface area contributed by atoms with Gasteiger partial charge in [0.2, 0.25) is 0 Å². The molecule has 2 aromatic rings. The largest absolute Gasteiger partial charge is 0.459 e. The normalized spacial score (nSPS) is 10.7. The number of aromatic nitrogens is 1. The third kappa shape index (κ3) is 2.11. The van der Waals surface area contributed by atoms with Gasteiger partial charge in [-0.1, -0.05) is 15.9 Å². The van der Waals surface area contributed by atoms with Crippen LogP contribution in [0.4, 0.5) is 0 Å². The smallest absolute Gasteiger partial charge is 0.303 e. The van der Waals surface area contributed by atoms with Crippen LogP contribution in [0.3, 0.4) is 0 Å². The molecule has 0 amide bonds. The van der Waals surface area contributed by atoms with E-state index in [0.717, 1.165) is 21.1 Å². The molecule has 4 heteroatoms. The van der Waals surface area contributed by atoms with Crippen molar-refractivity contribution in [3.63, 3.8) is 0 Å². The second-order valence-corrected chi connectivity index (χ2v) is 4.59. The van der Waals surface area contributed by atoms with Crippen LogP contribution in [0, 0.1) is 0 Å². The van der Waals surface area contributed by atoms with Gasteiger partial charge in [0, 0.05) is 29.3 Å². The number of benzene rings is 1. The average Bonchev–Trinajstić information content (AvgIpc) is 2.52. The van der Waals surface area contributed by atoms with Crippen molar-refractivity contribution in [2.24, 2.45) is 7.05 Å². The van der Waals surface area contributed by atoms with E-state index >= 15 is 0 Å². The van der Waals surface area contributed by atoms with E-state index in [-0.39, 0.29) is 5.97 Å². The molecule has 0 atom stereocenters. The van der Waals surface area contributed by atoms with Gasteiger partial charge in [-0.3, -0.25) is 4.79 Å². The highest BCUT2D eigenvalue weighted by atomic mass is 79.9. The summed E-state index contributed by atoms with van der Waals surface area (Å²) in [7, 11) is 1.97. The summed E-state index contributed by atoms with van der Waals surface area (Å²) in [6.45, 7) is 1.73. The number of rotatable bonds is 2. The monoisotopic (exact) mass is 281 g/mol. The lowest BCUT2D eigenvalue weighted by Gasteiger charge is -2.04. The summed E-state index contributed by atoms with van der Waals surface area (Å²) in [4.78, 5) is 10.8. The lowest BCUT2D eigenvalue weighted by molar-refractivity contribution is -0.142. The predicted molar refractivity (Wildman–Crippen MR) is 66.1 cm³/mol. The van der Waals surface area contributed by atoms with Crippen LogP contribution in [-0.2, 0) is 23.2 Å². The lowest BCUT2D eigenvalue weighted by Crippen LogP contribution is -2.02. The Labute approximate surface area is 102 Å². The average molecular weight is 282 g/mol. The number of hydrogen-bond acceptors (Lipinski definition) is 2. The van der Waals surface area contributed by atoms with Crippen LogP contribution in [-0.4, -0.2) is 10.5 Å². The van der Waals surface area contributed by atoms with Gasteiger partial charge in [0.15, 0.2) is 0 Å². The van der Waals surface area contributed by atoms with E-state index in [0.29, 0.717) is 6.61 Å². The zero-order valence-corrected chi connectivity index (χ0v) is 10.7. The molecule has 3 nitrogen and oxygen atoms in total. The fraction of sp³-hybridized carbons (Fsp3) is 0.250. The molecule has 0 aliphatic carbocycles. The van der Waals surface area contributed by atoms with Crippen molar-refractivity contribution in [1.29, 1.82) is 0 Å². The maximum Gasteiger partial charge on any atom is 0.303 e. The minimum Gasteiger partial charge on any atom is -0.459 e. The molecule has 0 saturated heterocycles. The number of hydrogen-bond donors (Lipinski definition) is 0. The van der Waals surface area contributed by atoms with Gasteiger partial charge in [-0.15, -0.1) is 0 Å². The molecule has 0 bridgehead atoms. The van der Waals surface area contributed by atoms with E-state index in [2.05, 4.69) is 15.9 Å². The zero-order valence-electron chi connectivity index (χ0n) is 9.16. The molecule has 0 spiro atoms. The molecule has 0 aliphatic heterocycles. The molecule has 2 rings (SSSR count). The van der Waals surface area contributed by atoms with E-state index in [1.807, 2.05) is 35.9 Å². The van der Waals surface area contributed by atoms with Crippen LogP contribution >= 0.6 is 15.9 Å². The number of ether oxygens (including phenoxy) is 1. The molecule has 1 aromatic carbocycles. The molecule has 0 radical (unpaired) electrons. The van der Waals surface area contributed by atoms with Crippen molar-refractivity contribution in [3.05, 3.63) is 34.4 Å². The van der Waals surface area contributed by atoms with Crippen LogP contribution in [0.2, 0.25) is 0 Å². The Hall–Kier alpha value is -1.29. The fourth-order valence-corrected chi connectivity index (χ4v) is 2.07. The van der Waals surface area contributed by atoms with Crippen LogP contribution in [0.5, 0.6) is 0 Å². The highest BCUT2D eigenvalue weighted by Crippen LogP contribution is 2.23. The summed E-state index contributed by atoms with van der Waals surface area (Å²) in [6.07, 6.45) is 0. The maximum absolute atomic E-state index is 10.8. The third-order valence-electron chi connectivity index (χ3n) is 2.53. The van der Waals surface area contributed by atoms with Crippen molar-refractivity contribution in [1.82, 2.24) is 4.57 Å². The lowest BCUT2D eigenvalue weighted by atomic mass is 10.2. The Morgan fingerprint density at radius 2 is 2.19 bits per heavy atom. The Morgan fingerprint density at radius 1 is 1.44 bits per heavy atom. The van der Waals surface area contributed by atoms with Crippen molar-refractivity contribution >= 4 is 32.8 Å². The van der Waals surface area contributed by atoms with Gasteiger partial charge >= 0.3 is 5.97 Å². The van der Waals surface area contributed by atoms with Gasteiger partial charge in [-0.2, -0.15) is 0 Å². The second-order valence-electron chi connectivity index (χ2n) is 3.68. The fourth-order valence-electron chi connectivity index (χ4n) is 1.69.